The molecule has 0 amide bonds. The van der Waals surface area contributed by atoms with Crippen molar-refractivity contribution < 1.29 is 14.3 Å². The number of aromatic nitrogens is 1. The minimum atomic E-state index is -0.272. The molecule has 0 radical (unpaired) electrons. The molecule has 2 atom stereocenters. The van der Waals surface area contributed by atoms with Crippen LogP contribution in [0.5, 0.6) is 5.88 Å². The molecule has 3 heterocycles. The van der Waals surface area contributed by atoms with Gasteiger partial charge in [0.25, 0.3) is 0 Å². The van der Waals surface area contributed by atoms with Crippen molar-refractivity contribution in [3.8, 4) is 11.9 Å². The van der Waals surface area contributed by atoms with Crippen molar-refractivity contribution in [3.63, 3.8) is 0 Å². The number of ether oxygens (including phenoxy) is 2. The third-order valence-electron chi connectivity index (χ3n) is 6.04. The number of nitrogens with one attached hydrogen (secondary N) is 1. The highest BCUT2D eigenvalue weighted by atomic mass is 16.5. The molecule has 10 heteroatoms. The number of nitrogens with zero attached hydrogens (tertiary/aromatic N) is 4. The number of pyridine rings is 1. The minimum Gasteiger partial charge on any atom is -0.480 e. The molecule has 5 N–H and O–H groups in total. The highest BCUT2D eigenvalue weighted by Gasteiger charge is 2.30. The molecule has 0 bridgehead atoms. The van der Waals surface area contributed by atoms with Crippen molar-refractivity contribution in [1.82, 2.24) is 15.2 Å². The van der Waals surface area contributed by atoms with Crippen LogP contribution in [0.3, 0.4) is 0 Å². The van der Waals surface area contributed by atoms with Crippen molar-refractivity contribution in [2.45, 2.75) is 25.7 Å². The summed E-state index contributed by atoms with van der Waals surface area (Å²) in [5, 5.41) is 12.6. The summed E-state index contributed by atoms with van der Waals surface area (Å²) in [6.45, 7) is 4.21. The Morgan fingerprint density at radius 2 is 2.24 bits per heavy atom. The van der Waals surface area contributed by atoms with E-state index >= 15 is 0 Å². The highest BCUT2D eigenvalue weighted by Crippen LogP contribution is 2.30. The summed E-state index contributed by atoms with van der Waals surface area (Å²) in [5.74, 6) is 0.366. The lowest BCUT2D eigenvalue weighted by atomic mass is 9.92. The zero-order valence-electron chi connectivity index (χ0n) is 19.1. The molecule has 176 valence electrons. The van der Waals surface area contributed by atoms with E-state index in [0.29, 0.717) is 43.2 Å². The lowest BCUT2D eigenvalue weighted by Gasteiger charge is -2.38. The third-order valence-corrected chi connectivity index (χ3v) is 6.04. The van der Waals surface area contributed by atoms with E-state index in [2.05, 4.69) is 20.2 Å². The van der Waals surface area contributed by atoms with Gasteiger partial charge in [-0.15, -0.1) is 0 Å². The van der Waals surface area contributed by atoms with Crippen molar-refractivity contribution in [2.24, 2.45) is 16.5 Å². The van der Waals surface area contributed by atoms with E-state index in [0.717, 1.165) is 22.3 Å². The maximum atomic E-state index is 11.9. The first-order valence-corrected chi connectivity index (χ1v) is 10.9. The number of methoxy groups -OCH3 is 1. The van der Waals surface area contributed by atoms with Crippen molar-refractivity contribution in [3.05, 3.63) is 63.9 Å². The normalized spacial score (nSPS) is 20.8. The lowest BCUT2D eigenvalue weighted by molar-refractivity contribution is 0.0535. The number of aliphatic imine (C=N–C) groups is 1. The Labute approximate surface area is 197 Å². The van der Waals surface area contributed by atoms with Gasteiger partial charge >= 0.3 is 5.97 Å². The van der Waals surface area contributed by atoms with Crippen LogP contribution in [-0.2, 0) is 11.3 Å². The molecule has 10 nitrogen and oxygen atoms in total. The van der Waals surface area contributed by atoms with Gasteiger partial charge in [0.1, 0.15) is 18.2 Å². The van der Waals surface area contributed by atoms with Crippen LogP contribution in [0.1, 0.15) is 38.7 Å². The molecular weight excluding hydrogens is 434 g/mol. The van der Waals surface area contributed by atoms with Gasteiger partial charge in [0, 0.05) is 37.5 Å². The van der Waals surface area contributed by atoms with Crippen LogP contribution in [0.25, 0.3) is 0 Å². The largest absolute Gasteiger partial charge is 0.480 e. The van der Waals surface area contributed by atoms with Crippen LogP contribution < -0.4 is 21.5 Å². The number of carbonyl (C=O) groups excluding carboxylic acids is 1. The Balaban J connectivity index is 1.48. The zero-order valence-corrected chi connectivity index (χ0v) is 19.1. The van der Waals surface area contributed by atoms with Crippen LogP contribution in [0.2, 0.25) is 0 Å². The first-order chi connectivity index (χ1) is 16.4. The Hall–Kier alpha value is -3.78. The second kappa shape index (κ2) is 10.0. The summed E-state index contributed by atoms with van der Waals surface area (Å²) in [5.41, 5.74) is 17.0. The van der Waals surface area contributed by atoms with Gasteiger partial charge in [-0.25, -0.2) is 9.79 Å². The smallest absolute Gasteiger partial charge is 0.338 e. The Bertz CT molecular complexity index is 1200. The van der Waals surface area contributed by atoms with Gasteiger partial charge in [0.2, 0.25) is 5.88 Å². The molecule has 0 spiro atoms. The first kappa shape index (κ1) is 23.4. The van der Waals surface area contributed by atoms with Gasteiger partial charge in [0.05, 0.1) is 18.8 Å². The van der Waals surface area contributed by atoms with Gasteiger partial charge in [-0.05, 0) is 48.0 Å². The number of hydrogen-bond donors (Lipinski definition) is 3. The van der Waals surface area contributed by atoms with Gasteiger partial charge in [-0.3, -0.25) is 10.2 Å². The summed E-state index contributed by atoms with van der Waals surface area (Å²) in [7, 11) is 1.46. The molecule has 0 aliphatic carbocycles. The number of nitrogens with two attached hydrogens (primary N) is 2. The monoisotopic (exact) mass is 461 g/mol. The van der Waals surface area contributed by atoms with Crippen LogP contribution >= 0.6 is 0 Å². The van der Waals surface area contributed by atoms with E-state index in [9.17, 15) is 4.79 Å². The maximum absolute atomic E-state index is 11.9. The molecule has 4 rings (SSSR count). The van der Waals surface area contributed by atoms with Crippen LogP contribution in [0.4, 0.5) is 5.82 Å². The van der Waals surface area contributed by atoms with Crippen LogP contribution in [0, 0.1) is 18.3 Å². The number of hydrogen-bond acceptors (Lipinski definition) is 10. The van der Waals surface area contributed by atoms with E-state index in [1.165, 1.54) is 13.3 Å². The Kier molecular flexibility index (Phi) is 6.88. The molecule has 2 aromatic rings. The molecule has 0 saturated carbocycles. The summed E-state index contributed by atoms with van der Waals surface area (Å²) >= 11 is 0. The van der Waals surface area contributed by atoms with Crippen LogP contribution in [-0.4, -0.2) is 55.0 Å². The summed E-state index contributed by atoms with van der Waals surface area (Å²) in [6.07, 6.45) is 2.93. The van der Waals surface area contributed by atoms with E-state index in [4.69, 9.17) is 26.2 Å². The number of rotatable bonds is 6. The molecular formula is C24H27N7O3. The molecule has 1 aromatic carbocycles. The van der Waals surface area contributed by atoms with Crippen molar-refractivity contribution in [2.75, 3.05) is 26.7 Å². The number of piperazine rings is 1. The summed E-state index contributed by atoms with van der Waals surface area (Å²) < 4.78 is 10.3. The average Bonchev–Trinajstić information content (AvgIpc) is 3.22. The maximum Gasteiger partial charge on any atom is 0.338 e. The Morgan fingerprint density at radius 1 is 1.41 bits per heavy atom. The molecule has 1 fully saturated rings. The summed E-state index contributed by atoms with van der Waals surface area (Å²) in [4.78, 5) is 22.7. The van der Waals surface area contributed by atoms with Gasteiger partial charge in [-0.1, -0.05) is 6.07 Å². The molecule has 1 saturated heterocycles. The van der Waals surface area contributed by atoms with Crippen molar-refractivity contribution >= 4 is 18.0 Å². The highest BCUT2D eigenvalue weighted by molar-refractivity contribution is 5.94. The lowest BCUT2D eigenvalue weighted by Crippen LogP contribution is -2.56. The van der Waals surface area contributed by atoms with Crippen molar-refractivity contribution in [1.29, 1.82) is 5.26 Å². The number of benzene rings is 1. The fraction of sp³-hybridized carbons (Fsp3) is 0.333. The zero-order chi connectivity index (χ0) is 24.2. The van der Waals surface area contributed by atoms with Gasteiger partial charge in [0.15, 0.2) is 5.82 Å². The second-order valence-electron chi connectivity index (χ2n) is 8.24. The minimum absolute atomic E-state index is 0.00910. The predicted octanol–water partition coefficient (Wildman–Crippen LogP) is 1.42. The molecule has 1 aromatic heterocycles. The quantitative estimate of drug-likeness (QED) is 0.428. The third kappa shape index (κ3) is 4.77. The number of carbonyl (C=O) groups is 1. The number of fused-ring (bicyclic) bond motifs is 1. The molecule has 34 heavy (non-hydrogen) atoms. The topological polar surface area (TPSA) is 152 Å². The average molecular weight is 462 g/mol. The van der Waals surface area contributed by atoms with Crippen LogP contribution in [0.15, 0.2) is 41.0 Å². The van der Waals surface area contributed by atoms with E-state index in [1.807, 2.05) is 25.1 Å². The van der Waals surface area contributed by atoms with Gasteiger partial charge < -0.3 is 20.9 Å². The van der Waals surface area contributed by atoms with E-state index in [1.54, 1.807) is 18.3 Å². The molecule has 2 aliphatic rings. The first-order valence-electron chi connectivity index (χ1n) is 10.9. The fourth-order valence-electron chi connectivity index (χ4n) is 4.32. The van der Waals surface area contributed by atoms with E-state index in [-0.39, 0.29) is 24.1 Å². The van der Waals surface area contributed by atoms with Gasteiger partial charge in [-0.2, -0.15) is 10.2 Å². The molecule has 2 aliphatic heterocycles. The SMILES string of the molecule is COc1nc(N=CC(=CN)CN2C[C@@H](c3ccc4c(c3C)COC4=O)N[C@@H](N)C2)ccc1C#N. The Morgan fingerprint density at radius 3 is 2.97 bits per heavy atom. The number of nitriles is 1. The number of esters is 1. The second-order valence-corrected chi connectivity index (χ2v) is 8.24. The standard InChI is InChI=1S/C24H27N7O3/c1-14-17(4-5-18-19(14)13-34-24(18)32)20-11-31(12-21(27)29-20)10-15(7-25)9-28-22-6-3-16(8-26)23(30-22)33-2/h3-7,9,20-21,29H,10-13,25,27H2,1-2H3/t20-,21+/m0/s1. The summed E-state index contributed by atoms with van der Waals surface area (Å²) in [6, 6.07) is 9.08. The number of cyclic esters (lactones) is 1. The fourth-order valence-corrected chi connectivity index (χ4v) is 4.32. The van der Waals surface area contributed by atoms with E-state index < -0.39 is 0 Å². The predicted molar refractivity (Wildman–Crippen MR) is 127 cm³/mol. The molecule has 0 unspecified atom stereocenters.